The number of halogens is 1. The molecular formula is C9H14ClN3. The SMILES string of the molecule is CN(CCN)Cc1ccncc1Cl. The van der Waals surface area contributed by atoms with Crippen molar-refractivity contribution in [1.82, 2.24) is 9.88 Å². The van der Waals surface area contributed by atoms with Crippen molar-refractivity contribution in [2.45, 2.75) is 6.54 Å². The van der Waals surface area contributed by atoms with E-state index >= 15 is 0 Å². The average molecular weight is 200 g/mol. The van der Waals surface area contributed by atoms with Crippen molar-refractivity contribution in [2.75, 3.05) is 20.1 Å². The molecule has 0 aromatic carbocycles. The van der Waals surface area contributed by atoms with E-state index in [1.54, 1.807) is 12.4 Å². The van der Waals surface area contributed by atoms with E-state index in [0.29, 0.717) is 11.6 Å². The number of likely N-dealkylation sites (N-methyl/N-ethyl adjacent to an activating group) is 1. The Morgan fingerprint density at radius 3 is 3.00 bits per heavy atom. The summed E-state index contributed by atoms with van der Waals surface area (Å²) in [6, 6.07) is 1.93. The molecule has 0 bridgehead atoms. The second kappa shape index (κ2) is 5.17. The number of hydrogen-bond donors (Lipinski definition) is 1. The Bertz CT molecular complexity index is 265. The topological polar surface area (TPSA) is 42.1 Å². The van der Waals surface area contributed by atoms with Gasteiger partial charge in [-0.1, -0.05) is 11.6 Å². The lowest BCUT2D eigenvalue weighted by molar-refractivity contribution is 0.336. The van der Waals surface area contributed by atoms with E-state index in [0.717, 1.165) is 18.7 Å². The maximum Gasteiger partial charge on any atom is 0.0634 e. The van der Waals surface area contributed by atoms with E-state index in [2.05, 4.69) is 9.88 Å². The van der Waals surface area contributed by atoms with E-state index in [4.69, 9.17) is 17.3 Å². The summed E-state index contributed by atoms with van der Waals surface area (Å²) >= 11 is 5.95. The molecule has 0 aliphatic rings. The Kier molecular flexibility index (Phi) is 4.15. The summed E-state index contributed by atoms with van der Waals surface area (Å²) in [5.41, 5.74) is 6.52. The monoisotopic (exact) mass is 199 g/mol. The van der Waals surface area contributed by atoms with E-state index in [1.807, 2.05) is 13.1 Å². The second-order valence-electron chi connectivity index (χ2n) is 2.99. The first-order valence-electron chi connectivity index (χ1n) is 4.21. The molecule has 0 aliphatic carbocycles. The van der Waals surface area contributed by atoms with Gasteiger partial charge in [-0.2, -0.15) is 0 Å². The molecule has 0 unspecified atom stereocenters. The molecule has 0 spiro atoms. The van der Waals surface area contributed by atoms with Crippen LogP contribution in [0.15, 0.2) is 18.5 Å². The van der Waals surface area contributed by atoms with Gasteiger partial charge >= 0.3 is 0 Å². The highest BCUT2D eigenvalue weighted by Crippen LogP contribution is 2.14. The minimum atomic E-state index is 0.666. The number of nitrogens with zero attached hydrogens (tertiary/aromatic N) is 2. The molecule has 0 atom stereocenters. The molecule has 0 saturated carbocycles. The number of aromatic nitrogens is 1. The smallest absolute Gasteiger partial charge is 0.0634 e. The zero-order valence-electron chi connectivity index (χ0n) is 7.70. The third-order valence-corrected chi connectivity index (χ3v) is 2.15. The molecule has 3 nitrogen and oxygen atoms in total. The van der Waals surface area contributed by atoms with Gasteiger partial charge in [-0.05, 0) is 18.7 Å². The molecule has 2 N–H and O–H groups in total. The molecule has 4 heteroatoms. The van der Waals surface area contributed by atoms with Gasteiger partial charge in [-0.15, -0.1) is 0 Å². The molecule has 1 aromatic rings. The average Bonchev–Trinajstić information content (AvgIpc) is 2.09. The fourth-order valence-electron chi connectivity index (χ4n) is 1.12. The quantitative estimate of drug-likeness (QED) is 0.791. The van der Waals surface area contributed by atoms with E-state index in [-0.39, 0.29) is 0 Å². The van der Waals surface area contributed by atoms with Gasteiger partial charge < -0.3 is 10.6 Å². The van der Waals surface area contributed by atoms with Gasteiger partial charge in [-0.25, -0.2) is 0 Å². The molecule has 1 aromatic heterocycles. The maximum atomic E-state index is 5.95. The zero-order chi connectivity index (χ0) is 9.68. The van der Waals surface area contributed by atoms with Crippen LogP contribution in [-0.4, -0.2) is 30.0 Å². The fraction of sp³-hybridized carbons (Fsp3) is 0.444. The van der Waals surface area contributed by atoms with Crippen LogP contribution in [-0.2, 0) is 6.54 Å². The minimum absolute atomic E-state index is 0.666. The van der Waals surface area contributed by atoms with Gasteiger partial charge in [0, 0.05) is 32.0 Å². The molecule has 0 fully saturated rings. The van der Waals surface area contributed by atoms with Gasteiger partial charge in [0.15, 0.2) is 0 Å². The standard InChI is InChI=1S/C9H14ClN3/c1-13(5-3-11)7-8-2-4-12-6-9(8)10/h2,4,6H,3,5,7,11H2,1H3. The Morgan fingerprint density at radius 1 is 1.62 bits per heavy atom. The van der Waals surface area contributed by atoms with Crippen LogP contribution >= 0.6 is 11.6 Å². The molecule has 13 heavy (non-hydrogen) atoms. The van der Waals surface area contributed by atoms with Crippen molar-refractivity contribution in [1.29, 1.82) is 0 Å². The van der Waals surface area contributed by atoms with Crippen molar-refractivity contribution >= 4 is 11.6 Å². The molecule has 1 heterocycles. The van der Waals surface area contributed by atoms with Crippen LogP contribution in [0.3, 0.4) is 0 Å². The third-order valence-electron chi connectivity index (χ3n) is 1.81. The van der Waals surface area contributed by atoms with Gasteiger partial charge in [0.25, 0.3) is 0 Å². The molecule has 72 valence electrons. The van der Waals surface area contributed by atoms with Crippen LogP contribution in [0.2, 0.25) is 5.02 Å². The van der Waals surface area contributed by atoms with Crippen molar-refractivity contribution in [3.63, 3.8) is 0 Å². The van der Waals surface area contributed by atoms with Crippen molar-refractivity contribution < 1.29 is 0 Å². The predicted molar refractivity (Wildman–Crippen MR) is 54.6 cm³/mol. The summed E-state index contributed by atoms with van der Waals surface area (Å²) in [5, 5.41) is 0.714. The number of nitrogens with two attached hydrogens (primary N) is 1. The first-order chi connectivity index (χ1) is 6.24. The lowest BCUT2D eigenvalue weighted by atomic mass is 10.2. The third kappa shape index (κ3) is 3.30. The van der Waals surface area contributed by atoms with Crippen LogP contribution in [0.25, 0.3) is 0 Å². The first kappa shape index (κ1) is 10.4. The highest BCUT2D eigenvalue weighted by atomic mass is 35.5. The Labute approximate surface area is 83.5 Å². The molecule has 0 radical (unpaired) electrons. The summed E-state index contributed by atoms with van der Waals surface area (Å²) < 4.78 is 0. The Hall–Kier alpha value is -0.640. The molecular weight excluding hydrogens is 186 g/mol. The van der Waals surface area contributed by atoms with Crippen LogP contribution in [0.4, 0.5) is 0 Å². The van der Waals surface area contributed by atoms with Crippen LogP contribution in [0, 0.1) is 0 Å². The van der Waals surface area contributed by atoms with Crippen LogP contribution in [0.5, 0.6) is 0 Å². The number of rotatable bonds is 4. The predicted octanol–water partition coefficient (Wildman–Crippen LogP) is 1.13. The summed E-state index contributed by atoms with van der Waals surface area (Å²) in [6.07, 6.45) is 3.41. The first-order valence-corrected chi connectivity index (χ1v) is 4.59. The van der Waals surface area contributed by atoms with Crippen molar-refractivity contribution in [3.8, 4) is 0 Å². The van der Waals surface area contributed by atoms with E-state index in [9.17, 15) is 0 Å². The minimum Gasteiger partial charge on any atom is -0.329 e. The second-order valence-corrected chi connectivity index (χ2v) is 3.40. The largest absolute Gasteiger partial charge is 0.329 e. The Balaban J connectivity index is 2.58. The van der Waals surface area contributed by atoms with Gasteiger partial charge in [0.1, 0.15) is 0 Å². The van der Waals surface area contributed by atoms with E-state index in [1.165, 1.54) is 0 Å². The summed E-state index contributed by atoms with van der Waals surface area (Å²) in [6.45, 7) is 2.36. The molecule has 1 rings (SSSR count). The van der Waals surface area contributed by atoms with Crippen LogP contribution < -0.4 is 5.73 Å². The molecule has 0 amide bonds. The Morgan fingerprint density at radius 2 is 2.38 bits per heavy atom. The zero-order valence-corrected chi connectivity index (χ0v) is 8.46. The number of pyridine rings is 1. The maximum absolute atomic E-state index is 5.95. The number of hydrogen-bond acceptors (Lipinski definition) is 3. The molecule has 0 saturated heterocycles. The summed E-state index contributed by atoms with van der Waals surface area (Å²) in [5.74, 6) is 0. The summed E-state index contributed by atoms with van der Waals surface area (Å²) in [7, 11) is 2.02. The van der Waals surface area contributed by atoms with Crippen molar-refractivity contribution in [3.05, 3.63) is 29.0 Å². The highest BCUT2D eigenvalue weighted by Gasteiger charge is 2.02. The van der Waals surface area contributed by atoms with Crippen molar-refractivity contribution in [2.24, 2.45) is 5.73 Å². The summed E-state index contributed by atoms with van der Waals surface area (Å²) in [4.78, 5) is 6.05. The van der Waals surface area contributed by atoms with Gasteiger partial charge in [0.2, 0.25) is 0 Å². The highest BCUT2D eigenvalue weighted by molar-refractivity contribution is 6.31. The fourth-order valence-corrected chi connectivity index (χ4v) is 1.30. The van der Waals surface area contributed by atoms with Gasteiger partial charge in [-0.3, -0.25) is 4.98 Å². The van der Waals surface area contributed by atoms with Gasteiger partial charge in [0.05, 0.1) is 5.02 Å². The molecule has 0 aliphatic heterocycles. The van der Waals surface area contributed by atoms with E-state index < -0.39 is 0 Å². The lowest BCUT2D eigenvalue weighted by Crippen LogP contribution is -2.25. The lowest BCUT2D eigenvalue weighted by Gasteiger charge is -2.15. The van der Waals surface area contributed by atoms with Crippen LogP contribution in [0.1, 0.15) is 5.56 Å². The normalized spacial score (nSPS) is 10.8.